The number of para-hydroxylation sites is 3. The molecule has 1 atom stereocenters. The van der Waals surface area contributed by atoms with E-state index in [2.05, 4.69) is 112 Å². The summed E-state index contributed by atoms with van der Waals surface area (Å²) >= 11 is -0.433. The molecule has 0 aromatic heterocycles. The van der Waals surface area contributed by atoms with E-state index in [0.717, 1.165) is 18.7 Å². The van der Waals surface area contributed by atoms with Crippen molar-refractivity contribution in [2.24, 2.45) is 5.92 Å². The molecule has 0 bridgehead atoms. The molecule has 3 aromatic rings. The first-order chi connectivity index (χ1) is 24.3. The number of ether oxygens (including phenoxy) is 2. The van der Waals surface area contributed by atoms with Crippen LogP contribution in [0.2, 0.25) is 0 Å². The minimum atomic E-state index is -0.757. The van der Waals surface area contributed by atoms with Gasteiger partial charge in [0, 0.05) is 0 Å². The van der Waals surface area contributed by atoms with Crippen molar-refractivity contribution >= 4 is 46.1 Å². The molecule has 1 saturated heterocycles. The molecule has 52 heavy (non-hydrogen) atoms. The number of rotatable bonds is 11. The minimum absolute atomic E-state index is 0. The van der Waals surface area contributed by atoms with E-state index in [4.69, 9.17) is 9.47 Å². The van der Waals surface area contributed by atoms with Crippen LogP contribution in [-0.4, -0.2) is 47.2 Å². The Morgan fingerprint density at radius 2 is 1.25 bits per heavy atom. The van der Waals surface area contributed by atoms with Gasteiger partial charge in [0.25, 0.3) is 0 Å². The Kier molecular flexibility index (Phi) is 14.2. The van der Waals surface area contributed by atoms with E-state index in [1.54, 1.807) is 6.07 Å². The Morgan fingerprint density at radius 3 is 1.67 bits per heavy atom. The van der Waals surface area contributed by atoms with Crippen molar-refractivity contribution in [2.75, 3.05) is 34.4 Å². The predicted molar refractivity (Wildman–Crippen MR) is 215 cm³/mol. The second-order valence-corrected chi connectivity index (χ2v) is 17.4. The zero-order chi connectivity index (χ0) is 37.1. The van der Waals surface area contributed by atoms with E-state index in [-0.39, 0.29) is 35.6 Å². The molecule has 1 fully saturated rings. The number of benzene rings is 3. The van der Waals surface area contributed by atoms with Gasteiger partial charge in [-0.25, -0.2) is 0 Å². The molecule has 9 heteroatoms. The van der Waals surface area contributed by atoms with Gasteiger partial charge in [0.05, 0.1) is 0 Å². The van der Waals surface area contributed by atoms with E-state index in [1.807, 2.05) is 26.8 Å². The van der Waals surface area contributed by atoms with Crippen molar-refractivity contribution in [3.8, 4) is 5.75 Å². The Labute approximate surface area is 326 Å². The predicted octanol–water partition coefficient (Wildman–Crippen LogP) is 10.4. The van der Waals surface area contributed by atoms with E-state index >= 15 is 0 Å². The summed E-state index contributed by atoms with van der Waals surface area (Å²) < 4.78 is 14.5. The number of anilines is 3. The van der Waals surface area contributed by atoms with Gasteiger partial charge in [-0.1, -0.05) is 0 Å². The zero-order valence-electron chi connectivity index (χ0n) is 32.9. The Balaban J connectivity index is 0.00000605. The zero-order valence-corrected chi connectivity index (χ0v) is 35.4. The van der Waals surface area contributed by atoms with Crippen LogP contribution in [0.4, 0.5) is 21.9 Å². The first-order valence-corrected chi connectivity index (χ1v) is 20.8. The third-order valence-corrected chi connectivity index (χ3v) is 12.2. The molecule has 2 aliphatic rings. The number of carbonyl (C=O) groups is 2. The van der Waals surface area contributed by atoms with Gasteiger partial charge in [-0.15, -0.1) is 12.4 Å². The summed E-state index contributed by atoms with van der Waals surface area (Å²) in [4.78, 5) is 33.4. The van der Waals surface area contributed by atoms with Crippen LogP contribution < -0.4 is 19.4 Å². The van der Waals surface area contributed by atoms with Crippen LogP contribution in [0, 0.1) is 5.92 Å². The smallest absolute Gasteiger partial charge is 0.147 e. The molecule has 0 spiro atoms. The van der Waals surface area contributed by atoms with Crippen molar-refractivity contribution in [2.45, 2.75) is 117 Å². The summed E-state index contributed by atoms with van der Waals surface area (Å²) in [5.41, 5.74) is 9.64. The molecule has 0 N–H and O–H groups in total. The van der Waals surface area contributed by atoms with Gasteiger partial charge in [0.2, 0.25) is 0 Å². The van der Waals surface area contributed by atoms with Gasteiger partial charge in [0.15, 0.2) is 0 Å². The molecule has 0 aliphatic carbocycles. The average molecular weight is 818 g/mol. The van der Waals surface area contributed by atoms with Gasteiger partial charge >= 0.3 is 315 Å². The number of nitrogens with zero attached hydrogens (tertiary/aromatic N) is 3. The number of halogens is 1. The van der Waals surface area contributed by atoms with E-state index in [1.165, 1.54) is 38.5 Å². The second kappa shape index (κ2) is 17.7. The summed E-state index contributed by atoms with van der Waals surface area (Å²) in [6.07, 6.45) is -0.952. The quantitative estimate of drug-likeness (QED) is 0.180. The minimum Gasteiger partial charge on any atom is -0.147 e. The number of carbonyl (C=O) groups excluding carboxylic acids is 2. The molecule has 285 valence electrons. The number of hydrogen-bond acceptors (Lipinski definition) is 6. The first-order valence-electron chi connectivity index (χ1n) is 18.8. The van der Waals surface area contributed by atoms with E-state index < -0.39 is 28.9 Å². The molecule has 2 aliphatic heterocycles. The molecule has 2 heterocycles. The molecule has 3 aromatic carbocycles. The maximum absolute atomic E-state index is 13.5. The number of fused-ring (bicyclic) bond motifs is 1. The standard InChI is InChI=1S/C27H39N2.C16H19NO4.ClH.Ru/c1-18(2)22-11-9-12-23(19(3)4)26(22)28-15-16-29(17-28)27-24(20(5)6)13-10-14-25(27)21(7)8;1-5-13-15(18)17(16(19)20-9-10(2)3)12-8-6-7-11(4)14(12)21-13;;/h9-14,17-21H,15-16H2,1-8H3;4,6-8,10,13H,5,9H2,1-3H3;1H;. The van der Waals surface area contributed by atoms with Crippen molar-refractivity contribution in [3.63, 3.8) is 0 Å². The molecule has 0 saturated carbocycles. The third kappa shape index (κ3) is 8.44. The van der Waals surface area contributed by atoms with Gasteiger partial charge < -0.3 is 0 Å². The fourth-order valence-electron chi connectivity index (χ4n) is 7.08. The molecular weight excluding hydrogens is 759 g/mol. The maximum atomic E-state index is 13.5. The van der Waals surface area contributed by atoms with Gasteiger partial charge in [0.1, 0.15) is 0 Å². The Bertz CT molecular complexity index is 1630. The maximum Gasteiger partial charge on any atom is -0.147 e. The molecule has 0 radical (unpaired) electrons. The Hall–Kier alpha value is -3.22. The molecule has 2 amide bonds. The van der Waals surface area contributed by atoms with Crippen LogP contribution in [0.3, 0.4) is 0 Å². The molecular formula is C43H59ClN3O4Ru. The van der Waals surface area contributed by atoms with Crippen LogP contribution >= 0.6 is 12.4 Å². The Morgan fingerprint density at radius 1 is 0.788 bits per heavy atom. The van der Waals surface area contributed by atoms with Gasteiger partial charge in [-0.05, 0) is 0 Å². The largest absolute Gasteiger partial charge is 0.147 e. The van der Waals surface area contributed by atoms with Crippen LogP contribution in [-0.2, 0) is 26.2 Å². The fourth-order valence-corrected chi connectivity index (χ4v) is 9.57. The second-order valence-electron chi connectivity index (χ2n) is 15.4. The monoisotopic (exact) mass is 818 g/mol. The van der Waals surface area contributed by atoms with Crippen molar-refractivity contribution in [1.29, 1.82) is 0 Å². The van der Waals surface area contributed by atoms with Crippen LogP contribution in [0.1, 0.15) is 134 Å². The summed E-state index contributed by atoms with van der Waals surface area (Å²) in [5, 5.41) is 0. The first kappa shape index (κ1) is 41.5. The number of amides is 2. The molecule has 1 unspecified atom stereocenters. The molecule has 5 rings (SSSR count). The number of imide groups is 1. The normalized spacial score (nSPS) is 16.7. The van der Waals surface area contributed by atoms with Crippen molar-refractivity contribution in [1.82, 2.24) is 0 Å². The van der Waals surface area contributed by atoms with Gasteiger partial charge in [-0.3, -0.25) is 0 Å². The summed E-state index contributed by atoms with van der Waals surface area (Å²) in [7, 11) is 0. The molecule has 7 nitrogen and oxygen atoms in total. The van der Waals surface area contributed by atoms with Crippen LogP contribution in [0.25, 0.3) is 0 Å². The fraction of sp³-hybridized carbons (Fsp3) is 0.512. The SMILES string of the molecule is CCC1Oc2c(/[CH]=[Ru]/[CH]3N(c4c(C(C)C)cccc4C(C)C)CCN3c3c(C(C)C)cccc3C(C)C)cccc2N(C(=O)OCC(C)C)C1=O.Cl. The van der Waals surface area contributed by atoms with Crippen LogP contribution in [0.5, 0.6) is 5.75 Å². The third-order valence-electron chi connectivity index (χ3n) is 9.73. The number of hydrogen-bond donors (Lipinski definition) is 0. The summed E-state index contributed by atoms with van der Waals surface area (Å²) in [5.74, 6) is 1.86. The van der Waals surface area contributed by atoms with Crippen molar-refractivity contribution in [3.05, 3.63) is 82.4 Å². The average Bonchev–Trinajstić information content (AvgIpc) is 3.51. The summed E-state index contributed by atoms with van der Waals surface area (Å²) in [6, 6.07) is 19.4. The topological polar surface area (TPSA) is 62.3 Å². The van der Waals surface area contributed by atoms with E-state index in [9.17, 15) is 9.59 Å². The van der Waals surface area contributed by atoms with Crippen LogP contribution in [0.15, 0.2) is 54.6 Å². The van der Waals surface area contributed by atoms with Crippen molar-refractivity contribution < 1.29 is 35.7 Å². The van der Waals surface area contributed by atoms with E-state index in [0.29, 0.717) is 41.5 Å². The van der Waals surface area contributed by atoms with Gasteiger partial charge in [-0.2, -0.15) is 0 Å². The summed E-state index contributed by atoms with van der Waals surface area (Å²) in [6.45, 7) is 26.4.